The molecule has 1 fully saturated rings. The molecular weight excluding hydrogens is 176 g/mol. The Morgan fingerprint density at radius 3 is 2.83 bits per heavy atom. The van der Waals surface area contributed by atoms with Gasteiger partial charge in [-0.3, -0.25) is 4.79 Å². The van der Waals surface area contributed by atoms with Gasteiger partial charge in [0.2, 0.25) is 5.91 Å². The summed E-state index contributed by atoms with van der Waals surface area (Å²) in [6, 6.07) is 0. The molecule has 0 aliphatic carbocycles. The Labute approximate surface area is 79.7 Å². The summed E-state index contributed by atoms with van der Waals surface area (Å²) in [5, 5.41) is 0. The number of carbonyl (C=O) groups excluding carboxylic acids is 1. The van der Waals surface area contributed by atoms with Crippen molar-refractivity contribution in [2.24, 2.45) is 11.7 Å². The van der Waals surface area contributed by atoms with Gasteiger partial charge in [-0.25, -0.2) is 0 Å². The number of piperidine rings is 1. The van der Waals surface area contributed by atoms with Gasteiger partial charge in [0.1, 0.15) is 0 Å². The number of likely N-dealkylation sites (tertiary alicyclic amines) is 1. The highest BCUT2D eigenvalue weighted by atomic mass is 35.5. The normalized spacial score (nSPS) is 24.6. The highest BCUT2D eigenvalue weighted by molar-refractivity contribution is 5.85. The third kappa shape index (κ3) is 2.99. The van der Waals surface area contributed by atoms with Crippen LogP contribution in [0.3, 0.4) is 0 Å². The first-order valence-corrected chi connectivity index (χ1v) is 4.25. The van der Waals surface area contributed by atoms with Gasteiger partial charge in [-0.05, 0) is 25.9 Å². The van der Waals surface area contributed by atoms with Gasteiger partial charge in [0, 0.05) is 6.54 Å². The molecule has 0 aromatic heterocycles. The smallest absolute Gasteiger partial charge is 0.221 e. The molecule has 2 N–H and O–H groups in total. The van der Waals surface area contributed by atoms with Crippen molar-refractivity contribution in [2.75, 3.05) is 19.6 Å². The Morgan fingerprint density at radius 2 is 2.33 bits per heavy atom. The van der Waals surface area contributed by atoms with Crippen LogP contribution in [0.5, 0.6) is 0 Å². The van der Waals surface area contributed by atoms with E-state index in [9.17, 15) is 4.79 Å². The summed E-state index contributed by atoms with van der Waals surface area (Å²) in [5.74, 6) is -0.0353. The highest BCUT2D eigenvalue weighted by Crippen LogP contribution is 2.14. The second-order valence-electron chi connectivity index (χ2n) is 3.13. The highest BCUT2D eigenvalue weighted by Gasteiger charge is 2.22. The quantitative estimate of drug-likeness (QED) is 0.698. The summed E-state index contributed by atoms with van der Waals surface area (Å²) in [7, 11) is 0. The second-order valence-corrected chi connectivity index (χ2v) is 3.13. The molecule has 1 aliphatic rings. The number of primary amides is 1. The largest absolute Gasteiger partial charge is 0.369 e. The molecule has 0 aromatic rings. The maximum Gasteiger partial charge on any atom is 0.221 e. The lowest BCUT2D eigenvalue weighted by atomic mass is 9.98. The van der Waals surface area contributed by atoms with Crippen molar-refractivity contribution in [3.05, 3.63) is 0 Å². The third-order valence-corrected chi connectivity index (χ3v) is 2.36. The summed E-state index contributed by atoms with van der Waals surface area (Å²) in [4.78, 5) is 13.1. The van der Waals surface area contributed by atoms with Gasteiger partial charge >= 0.3 is 0 Å². The van der Waals surface area contributed by atoms with Crippen molar-refractivity contribution in [1.82, 2.24) is 4.90 Å². The Hall–Kier alpha value is -0.280. The van der Waals surface area contributed by atoms with E-state index in [0.29, 0.717) is 0 Å². The third-order valence-electron chi connectivity index (χ3n) is 2.36. The molecule has 1 atom stereocenters. The van der Waals surface area contributed by atoms with Crippen molar-refractivity contribution < 1.29 is 4.79 Å². The number of hydrogen-bond acceptors (Lipinski definition) is 2. The Morgan fingerprint density at radius 1 is 1.67 bits per heavy atom. The van der Waals surface area contributed by atoms with Crippen molar-refractivity contribution in [3.63, 3.8) is 0 Å². The van der Waals surface area contributed by atoms with E-state index < -0.39 is 0 Å². The second kappa shape index (κ2) is 5.38. The van der Waals surface area contributed by atoms with Crippen molar-refractivity contribution in [3.8, 4) is 0 Å². The maximum atomic E-state index is 10.8. The fourth-order valence-corrected chi connectivity index (χ4v) is 1.57. The standard InChI is InChI=1S/C8H16N2O.ClH/c1-2-10-5-3-4-7(6-10)8(9)11;/h7H,2-6H2,1H3,(H2,9,11);1H. The zero-order valence-electron chi connectivity index (χ0n) is 7.45. The fraction of sp³-hybridized carbons (Fsp3) is 0.875. The van der Waals surface area contributed by atoms with E-state index in [4.69, 9.17) is 5.73 Å². The van der Waals surface area contributed by atoms with Crippen LogP contribution in [0.25, 0.3) is 0 Å². The molecular formula is C8H17ClN2O. The van der Waals surface area contributed by atoms with Crippen LogP contribution in [0.15, 0.2) is 0 Å². The maximum absolute atomic E-state index is 10.8. The molecule has 0 saturated carbocycles. The molecule has 3 nitrogen and oxygen atoms in total. The van der Waals surface area contributed by atoms with Gasteiger partial charge in [0.15, 0.2) is 0 Å². The number of carbonyl (C=O) groups is 1. The SMILES string of the molecule is CCN1CCCC(C(N)=O)C1.Cl. The molecule has 1 saturated heterocycles. The molecule has 72 valence electrons. The summed E-state index contributed by atoms with van der Waals surface area (Å²) in [6.45, 7) is 5.14. The van der Waals surface area contributed by atoms with Crippen LogP contribution in [-0.2, 0) is 4.79 Å². The average molecular weight is 193 g/mol. The zero-order valence-corrected chi connectivity index (χ0v) is 8.27. The Bertz CT molecular complexity index is 152. The van der Waals surface area contributed by atoms with Crippen LogP contribution in [-0.4, -0.2) is 30.4 Å². The predicted molar refractivity (Wildman–Crippen MR) is 51.3 cm³/mol. The summed E-state index contributed by atoms with van der Waals surface area (Å²) < 4.78 is 0. The number of halogens is 1. The topological polar surface area (TPSA) is 46.3 Å². The van der Waals surface area contributed by atoms with Gasteiger partial charge in [-0.1, -0.05) is 6.92 Å². The van der Waals surface area contributed by atoms with E-state index >= 15 is 0 Å². The number of rotatable bonds is 2. The molecule has 4 heteroatoms. The zero-order chi connectivity index (χ0) is 8.27. The number of nitrogens with two attached hydrogens (primary N) is 1. The number of amides is 1. The van der Waals surface area contributed by atoms with E-state index in [0.717, 1.165) is 32.5 Å². The molecule has 12 heavy (non-hydrogen) atoms. The molecule has 1 amide bonds. The first-order valence-electron chi connectivity index (χ1n) is 4.25. The molecule has 0 radical (unpaired) electrons. The van der Waals surface area contributed by atoms with E-state index in [2.05, 4.69) is 11.8 Å². The van der Waals surface area contributed by atoms with Gasteiger partial charge in [0.25, 0.3) is 0 Å². The molecule has 1 rings (SSSR count). The molecule has 1 unspecified atom stereocenters. The van der Waals surface area contributed by atoms with E-state index in [1.807, 2.05) is 0 Å². The molecule has 0 bridgehead atoms. The summed E-state index contributed by atoms with van der Waals surface area (Å²) in [5.41, 5.74) is 5.22. The lowest BCUT2D eigenvalue weighted by Crippen LogP contribution is -2.40. The monoisotopic (exact) mass is 192 g/mol. The molecule has 0 spiro atoms. The van der Waals surface area contributed by atoms with Crippen molar-refractivity contribution in [2.45, 2.75) is 19.8 Å². The van der Waals surface area contributed by atoms with Crippen LogP contribution >= 0.6 is 12.4 Å². The van der Waals surface area contributed by atoms with E-state index in [-0.39, 0.29) is 24.2 Å². The van der Waals surface area contributed by atoms with Crippen LogP contribution < -0.4 is 5.73 Å². The van der Waals surface area contributed by atoms with Crippen LogP contribution in [0, 0.1) is 5.92 Å². The lowest BCUT2D eigenvalue weighted by molar-refractivity contribution is -0.123. The van der Waals surface area contributed by atoms with Crippen molar-refractivity contribution >= 4 is 18.3 Å². The predicted octanol–water partition coefficient (Wildman–Crippen LogP) is 0.625. The van der Waals surface area contributed by atoms with E-state index in [1.54, 1.807) is 0 Å². The van der Waals surface area contributed by atoms with Gasteiger partial charge < -0.3 is 10.6 Å². The average Bonchev–Trinajstić information content (AvgIpc) is 2.05. The first-order chi connectivity index (χ1) is 5.24. The minimum absolute atomic E-state index is 0. The Kier molecular flexibility index (Phi) is 5.25. The number of hydrogen-bond donors (Lipinski definition) is 1. The van der Waals surface area contributed by atoms with Crippen LogP contribution in [0.4, 0.5) is 0 Å². The van der Waals surface area contributed by atoms with Gasteiger partial charge in [-0.15, -0.1) is 12.4 Å². The minimum atomic E-state index is -0.136. The summed E-state index contributed by atoms with van der Waals surface area (Å²) >= 11 is 0. The van der Waals surface area contributed by atoms with Crippen molar-refractivity contribution in [1.29, 1.82) is 0 Å². The van der Waals surface area contributed by atoms with Gasteiger partial charge in [-0.2, -0.15) is 0 Å². The van der Waals surface area contributed by atoms with E-state index in [1.165, 1.54) is 0 Å². The molecule has 1 heterocycles. The van der Waals surface area contributed by atoms with Gasteiger partial charge in [0.05, 0.1) is 5.92 Å². The molecule has 1 aliphatic heterocycles. The first kappa shape index (κ1) is 11.7. The fourth-order valence-electron chi connectivity index (χ4n) is 1.57. The number of nitrogens with zero attached hydrogens (tertiary/aromatic N) is 1. The van der Waals surface area contributed by atoms with Crippen LogP contribution in [0.1, 0.15) is 19.8 Å². The van der Waals surface area contributed by atoms with Crippen LogP contribution in [0.2, 0.25) is 0 Å². The minimum Gasteiger partial charge on any atom is -0.369 e. The lowest BCUT2D eigenvalue weighted by Gasteiger charge is -2.29. The summed E-state index contributed by atoms with van der Waals surface area (Å²) in [6.07, 6.45) is 2.09. The Balaban J connectivity index is 0.00000121. The molecule has 0 aromatic carbocycles.